The third-order valence-electron chi connectivity index (χ3n) is 2.12. The molecule has 0 amide bonds. The Morgan fingerprint density at radius 1 is 1.42 bits per heavy atom. The molecule has 0 bridgehead atoms. The number of hydrogen-bond acceptors (Lipinski definition) is 2. The van der Waals surface area contributed by atoms with Crippen LogP contribution in [0.15, 0.2) is 0 Å². The topological polar surface area (TPSA) is 34.9 Å². The van der Waals surface area contributed by atoms with Crippen LogP contribution < -0.4 is 0 Å². The highest BCUT2D eigenvalue weighted by Gasteiger charge is 2.07. The minimum absolute atomic E-state index is 0.139. The first-order chi connectivity index (χ1) is 5.52. The third-order valence-corrected chi connectivity index (χ3v) is 2.12. The van der Waals surface area contributed by atoms with Gasteiger partial charge in [0.25, 0.3) is 0 Å². The molecule has 0 atom stereocenters. The monoisotopic (exact) mass is 166 g/mol. The minimum atomic E-state index is 0.139. The first-order valence-electron chi connectivity index (χ1n) is 4.02. The Bertz CT molecular complexity index is 313. The molecule has 0 radical (unpaired) electrons. The second-order valence-corrected chi connectivity index (χ2v) is 3.16. The summed E-state index contributed by atoms with van der Waals surface area (Å²) in [6.07, 6.45) is 0. The van der Waals surface area contributed by atoms with Gasteiger partial charge in [0.1, 0.15) is 0 Å². The smallest absolute Gasteiger partial charge is 0.151 e. The van der Waals surface area contributed by atoms with Crippen molar-refractivity contribution in [1.29, 1.82) is 0 Å². The van der Waals surface area contributed by atoms with Gasteiger partial charge in [0.2, 0.25) is 0 Å². The van der Waals surface area contributed by atoms with Crippen LogP contribution >= 0.6 is 0 Å². The zero-order valence-electron chi connectivity index (χ0n) is 8.01. The van der Waals surface area contributed by atoms with Crippen molar-refractivity contribution in [3.63, 3.8) is 0 Å². The Hall–Kier alpha value is -1.12. The van der Waals surface area contributed by atoms with Crippen LogP contribution in [0.5, 0.6) is 0 Å². The summed E-state index contributed by atoms with van der Waals surface area (Å²) in [5, 5.41) is 4.25. The largest absolute Gasteiger partial charge is 0.298 e. The molecule has 0 aliphatic carbocycles. The quantitative estimate of drug-likeness (QED) is 0.665. The van der Waals surface area contributed by atoms with E-state index in [9.17, 15) is 4.79 Å². The Labute approximate surface area is 72.4 Å². The van der Waals surface area contributed by atoms with Crippen LogP contribution in [0, 0.1) is 20.8 Å². The average Bonchev–Trinajstić information content (AvgIpc) is 2.17. The Balaban J connectivity index is 3.01. The molecule has 0 unspecified atom stereocenters. The molecular weight excluding hydrogens is 152 g/mol. The maximum absolute atomic E-state index is 10.8. The maximum atomic E-state index is 10.8. The summed E-state index contributed by atoms with van der Waals surface area (Å²) >= 11 is 0. The lowest BCUT2D eigenvalue weighted by Gasteiger charge is -1.99. The van der Waals surface area contributed by atoms with Gasteiger partial charge in [-0.15, -0.1) is 0 Å². The lowest BCUT2D eigenvalue weighted by molar-refractivity contribution is -0.117. The van der Waals surface area contributed by atoms with Crippen LogP contribution in [-0.4, -0.2) is 15.6 Å². The number of rotatable bonds is 2. The summed E-state index contributed by atoms with van der Waals surface area (Å²) in [5.74, 6) is 0.139. The molecule has 0 saturated carbocycles. The molecule has 66 valence electrons. The van der Waals surface area contributed by atoms with E-state index in [1.54, 1.807) is 11.6 Å². The van der Waals surface area contributed by atoms with Crippen molar-refractivity contribution in [3.8, 4) is 0 Å². The van der Waals surface area contributed by atoms with Gasteiger partial charge in [0, 0.05) is 5.69 Å². The molecule has 1 aromatic heterocycles. The predicted molar refractivity (Wildman–Crippen MR) is 47.1 cm³/mol. The summed E-state index contributed by atoms with van der Waals surface area (Å²) in [7, 11) is 0. The zero-order valence-corrected chi connectivity index (χ0v) is 8.01. The number of ketones is 1. The first kappa shape index (κ1) is 8.97. The van der Waals surface area contributed by atoms with Gasteiger partial charge in [-0.05, 0) is 33.3 Å². The number of Topliss-reactive ketones (excluding diaryl/α,β-unsaturated/α-hetero) is 1. The summed E-state index contributed by atoms with van der Waals surface area (Å²) in [4.78, 5) is 10.8. The van der Waals surface area contributed by atoms with Gasteiger partial charge in [-0.3, -0.25) is 9.48 Å². The lowest BCUT2D eigenvalue weighted by Crippen LogP contribution is -2.09. The number of aryl methyl sites for hydroxylation is 1. The van der Waals surface area contributed by atoms with E-state index in [1.165, 1.54) is 5.56 Å². The van der Waals surface area contributed by atoms with Gasteiger partial charge in [0.05, 0.1) is 12.2 Å². The number of nitrogens with zero attached hydrogens (tertiary/aromatic N) is 2. The highest BCUT2D eigenvalue weighted by molar-refractivity contribution is 5.75. The van der Waals surface area contributed by atoms with Crippen LogP contribution in [0.25, 0.3) is 0 Å². The summed E-state index contributed by atoms with van der Waals surface area (Å²) in [5.41, 5.74) is 3.27. The Morgan fingerprint density at radius 3 is 2.33 bits per heavy atom. The molecule has 0 aliphatic rings. The molecule has 3 heteroatoms. The molecule has 3 nitrogen and oxygen atoms in total. The van der Waals surface area contributed by atoms with Crippen molar-refractivity contribution in [2.24, 2.45) is 0 Å². The molecule has 12 heavy (non-hydrogen) atoms. The van der Waals surface area contributed by atoms with Gasteiger partial charge < -0.3 is 0 Å². The van der Waals surface area contributed by atoms with E-state index in [4.69, 9.17) is 0 Å². The predicted octanol–water partition coefficient (Wildman–Crippen LogP) is 1.40. The second-order valence-electron chi connectivity index (χ2n) is 3.16. The second kappa shape index (κ2) is 3.09. The van der Waals surface area contributed by atoms with Crippen molar-refractivity contribution < 1.29 is 4.79 Å². The third kappa shape index (κ3) is 1.55. The van der Waals surface area contributed by atoms with E-state index in [-0.39, 0.29) is 5.78 Å². The van der Waals surface area contributed by atoms with Crippen molar-refractivity contribution in [3.05, 3.63) is 17.0 Å². The molecule has 0 fully saturated rings. The highest BCUT2D eigenvalue weighted by Crippen LogP contribution is 2.10. The lowest BCUT2D eigenvalue weighted by atomic mass is 10.2. The normalized spacial score (nSPS) is 10.3. The summed E-state index contributed by atoms with van der Waals surface area (Å²) < 4.78 is 1.76. The van der Waals surface area contributed by atoms with E-state index in [0.717, 1.165) is 11.4 Å². The van der Waals surface area contributed by atoms with Crippen molar-refractivity contribution in [2.75, 3.05) is 0 Å². The molecule has 0 aromatic carbocycles. The zero-order chi connectivity index (χ0) is 9.30. The van der Waals surface area contributed by atoms with Crippen molar-refractivity contribution >= 4 is 5.78 Å². The molecule has 1 heterocycles. The fourth-order valence-electron chi connectivity index (χ4n) is 1.15. The van der Waals surface area contributed by atoms with E-state index in [1.807, 2.05) is 20.8 Å². The fraction of sp³-hybridized carbons (Fsp3) is 0.556. The highest BCUT2D eigenvalue weighted by atomic mass is 16.1. The Kier molecular flexibility index (Phi) is 2.31. The molecule has 0 spiro atoms. The maximum Gasteiger partial charge on any atom is 0.151 e. The number of carbonyl (C=O) groups excluding carboxylic acids is 1. The average molecular weight is 166 g/mol. The molecule has 1 rings (SSSR count). The van der Waals surface area contributed by atoms with Crippen LogP contribution in [0.3, 0.4) is 0 Å². The first-order valence-corrected chi connectivity index (χ1v) is 4.02. The van der Waals surface area contributed by atoms with Gasteiger partial charge in [-0.2, -0.15) is 5.10 Å². The van der Waals surface area contributed by atoms with Crippen LogP contribution in [0.1, 0.15) is 23.9 Å². The van der Waals surface area contributed by atoms with Gasteiger partial charge in [0.15, 0.2) is 5.78 Å². The van der Waals surface area contributed by atoms with Crippen LogP contribution in [-0.2, 0) is 11.3 Å². The SMILES string of the molecule is CC(=O)Cn1nc(C)c(C)c1C. The fourth-order valence-corrected chi connectivity index (χ4v) is 1.15. The van der Waals surface area contributed by atoms with Crippen LogP contribution in [0.4, 0.5) is 0 Å². The Morgan fingerprint density at radius 2 is 2.00 bits per heavy atom. The molecule has 0 N–H and O–H groups in total. The molecule has 0 saturated heterocycles. The number of aromatic nitrogens is 2. The van der Waals surface area contributed by atoms with Crippen molar-refractivity contribution in [1.82, 2.24) is 9.78 Å². The molecule has 0 aliphatic heterocycles. The van der Waals surface area contributed by atoms with E-state index < -0.39 is 0 Å². The molecule has 1 aromatic rings. The van der Waals surface area contributed by atoms with Gasteiger partial charge in [-0.1, -0.05) is 0 Å². The molecular formula is C9H14N2O. The van der Waals surface area contributed by atoms with Gasteiger partial charge in [-0.25, -0.2) is 0 Å². The standard InChI is InChI=1S/C9H14N2O/c1-6(12)5-11-9(4)7(2)8(3)10-11/h5H2,1-4H3. The summed E-state index contributed by atoms with van der Waals surface area (Å²) in [6, 6.07) is 0. The van der Waals surface area contributed by atoms with Crippen LogP contribution in [0.2, 0.25) is 0 Å². The van der Waals surface area contributed by atoms with E-state index in [2.05, 4.69) is 5.10 Å². The summed E-state index contributed by atoms with van der Waals surface area (Å²) in [6.45, 7) is 7.93. The van der Waals surface area contributed by atoms with Gasteiger partial charge >= 0.3 is 0 Å². The van der Waals surface area contributed by atoms with E-state index >= 15 is 0 Å². The number of carbonyl (C=O) groups is 1. The number of hydrogen-bond donors (Lipinski definition) is 0. The van der Waals surface area contributed by atoms with E-state index in [0.29, 0.717) is 6.54 Å². The van der Waals surface area contributed by atoms with Crippen molar-refractivity contribution in [2.45, 2.75) is 34.2 Å². The minimum Gasteiger partial charge on any atom is -0.298 e.